The van der Waals surface area contributed by atoms with E-state index in [2.05, 4.69) is 31.4 Å². The number of fused-ring (bicyclic) bond motifs is 2. The van der Waals surface area contributed by atoms with Gasteiger partial charge >= 0.3 is 0 Å². The van der Waals surface area contributed by atoms with E-state index in [1.165, 1.54) is 12.1 Å². The summed E-state index contributed by atoms with van der Waals surface area (Å²) in [5, 5.41) is 14.9. The highest BCUT2D eigenvalue weighted by Gasteiger charge is 2.56. The second kappa shape index (κ2) is 7.47. The van der Waals surface area contributed by atoms with E-state index in [1.807, 2.05) is 6.07 Å². The number of nitrogens with one attached hydrogen (secondary N) is 2. The van der Waals surface area contributed by atoms with Gasteiger partial charge in [-0.3, -0.25) is 9.59 Å². The highest BCUT2D eigenvalue weighted by atomic mass is 19.1. The molecule has 7 heteroatoms. The average molecular weight is 420 g/mol. The van der Waals surface area contributed by atoms with Crippen LogP contribution in [-0.4, -0.2) is 30.9 Å². The Balaban J connectivity index is 1.59. The lowest BCUT2D eigenvalue weighted by Crippen LogP contribution is -2.44. The highest BCUT2D eigenvalue weighted by Crippen LogP contribution is 2.47. The summed E-state index contributed by atoms with van der Waals surface area (Å²) in [5.74, 6) is -0.750. The summed E-state index contributed by atoms with van der Waals surface area (Å²) in [6.07, 6.45) is 0.255. The third kappa shape index (κ3) is 3.79. The summed E-state index contributed by atoms with van der Waals surface area (Å²) in [6, 6.07) is 12.5. The molecule has 2 heterocycles. The molecule has 1 spiro atoms. The van der Waals surface area contributed by atoms with Crippen LogP contribution in [-0.2, 0) is 15.0 Å². The van der Waals surface area contributed by atoms with Gasteiger partial charge in [0.05, 0.1) is 23.1 Å². The summed E-state index contributed by atoms with van der Waals surface area (Å²) in [4.78, 5) is 28.2. The van der Waals surface area contributed by atoms with E-state index in [0.29, 0.717) is 23.4 Å². The predicted octanol–water partition coefficient (Wildman–Crippen LogP) is 3.33. The van der Waals surface area contributed by atoms with Crippen LogP contribution in [0.15, 0.2) is 42.5 Å². The fourth-order valence-corrected chi connectivity index (χ4v) is 4.44. The van der Waals surface area contributed by atoms with Crippen molar-refractivity contribution in [3.8, 4) is 6.07 Å². The molecule has 31 heavy (non-hydrogen) atoms. The first-order valence-corrected chi connectivity index (χ1v) is 10.3. The minimum Gasteiger partial charge on any atom is -0.325 e. The highest BCUT2D eigenvalue weighted by molar-refractivity contribution is 6.09. The number of nitriles is 1. The summed E-state index contributed by atoms with van der Waals surface area (Å²) in [7, 11) is 0. The van der Waals surface area contributed by atoms with Gasteiger partial charge in [-0.1, -0.05) is 20.8 Å². The van der Waals surface area contributed by atoms with Crippen LogP contribution in [0.5, 0.6) is 0 Å². The lowest BCUT2D eigenvalue weighted by molar-refractivity contribution is -0.123. The number of carbonyl (C=O) groups is 2. The topological polar surface area (TPSA) is 85.2 Å². The largest absolute Gasteiger partial charge is 0.325 e. The predicted molar refractivity (Wildman–Crippen MR) is 116 cm³/mol. The van der Waals surface area contributed by atoms with E-state index in [-0.39, 0.29) is 30.2 Å². The molecule has 1 saturated heterocycles. The van der Waals surface area contributed by atoms with Gasteiger partial charge in [0.15, 0.2) is 0 Å². The maximum atomic E-state index is 14.1. The van der Waals surface area contributed by atoms with Crippen LogP contribution in [0.25, 0.3) is 0 Å². The number of hydrogen-bond donors (Lipinski definition) is 2. The normalized spacial score (nSPS) is 22.5. The standard InChI is InChI=1S/C24H25FN4O2/c1-23(2,3)14-29-20-9-6-16(25)10-18(20)24(22(29)31)11-19(27-13-24)21(30)28-17-7-4-15(12-26)5-8-17/h4-10,19,27H,11,13-14H2,1-3H3,(H,28,30). The van der Waals surface area contributed by atoms with Gasteiger partial charge in [-0.15, -0.1) is 0 Å². The molecule has 2 aromatic rings. The van der Waals surface area contributed by atoms with Crippen LogP contribution >= 0.6 is 0 Å². The van der Waals surface area contributed by atoms with Crippen molar-refractivity contribution in [1.29, 1.82) is 5.26 Å². The fourth-order valence-electron chi connectivity index (χ4n) is 4.44. The Morgan fingerprint density at radius 2 is 2.00 bits per heavy atom. The lowest BCUT2D eigenvalue weighted by atomic mass is 9.79. The summed E-state index contributed by atoms with van der Waals surface area (Å²) >= 11 is 0. The molecule has 1 fully saturated rings. The lowest BCUT2D eigenvalue weighted by Gasteiger charge is -2.29. The van der Waals surface area contributed by atoms with Gasteiger partial charge in [-0.05, 0) is 59.9 Å². The van der Waals surface area contributed by atoms with Crippen molar-refractivity contribution < 1.29 is 14.0 Å². The molecule has 160 valence electrons. The number of hydrogen-bond acceptors (Lipinski definition) is 4. The Bertz CT molecular complexity index is 1080. The van der Waals surface area contributed by atoms with Crippen LogP contribution in [0.2, 0.25) is 0 Å². The number of nitrogens with zero attached hydrogens (tertiary/aromatic N) is 2. The molecule has 0 aliphatic carbocycles. The van der Waals surface area contributed by atoms with Gasteiger partial charge in [0.2, 0.25) is 11.8 Å². The molecule has 2 N–H and O–H groups in total. The van der Waals surface area contributed by atoms with E-state index in [1.54, 1.807) is 35.2 Å². The zero-order valence-corrected chi connectivity index (χ0v) is 17.8. The van der Waals surface area contributed by atoms with Crippen LogP contribution in [0.3, 0.4) is 0 Å². The van der Waals surface area contributed by atoms with Crippen molar-refractivity contribution in [3.63, 3.8) is 0 Å². The Morgan fingerprint density at radius 3 is 2.65 bits per heavy atom. The van der Waals surface area contributed by atoms with Crippen molar-refractivity contribution >= 4 is 23.2 Å². The third-order valence-electron chi connectivity index (χ3n) is 5.85. The summed E-state index contributed by atoms with van der Waals surface area (Å²) in [5.41, 5.74) is 1.34. The molecular formula is C24H25FN4O2. The quantitative estimate of drug-likeness (QED) is 0.798. The first-order chi connectivity index (χ1) is 14.6. The van der Waals surface area contributed by atoms with Gasteiger partial charge in [0.1, 0.15) is 5.82 Å². The first-order valence-electron chi connectivity index (χ1n) is 10.3. The van der Waals surface area contributed by atoms with Crippen LogP contribution in [0.1, 0.15) is 38.3 Å². The van der Waals surface area contributed by atoms with Gasteiger partial charge in [0, 0.05) is 24.5 Å². The molecule has 2 unspecified atom stereocenters. The molecule has 0 radical (unpaired) electrons. The molecule has 0 aromatic heterocycles. The van der Waals surface area contributed by atoms with Crippen LogP contribution < -0.4 is 15.5 Å². The Morgan fingerprint density at radius 1 is 1.29 bits per heavy atom. The van der Waals surface area contributed by atoms with E-state index >= 15 is 0 Å². The summed E-state index contributed by atoms with van der Waals surface area (Å²) in [6.45, 7) is 6.93. The first kappa shape index (κ1) is 21.0. The van der Waals surface area contributed by atoms with Crippen LogP contribution in [0.4, 0.5) is 15.8 Å². The number of carbonyl (C=O) groups excluding carboxylic acids is 2. The third-order valence-corrected chi connectivity index (χ3v) is 5.85. The molecule has 2 aromatic carbocycles. The van der Waals surface area contributed by atoms with Gasteiger partial charge in [0.25, 0.3) is 0 Å². The van der Waals surface area contributed by atoms with Crippen molar-refractivity contribution in [1.82, 2.24) is 5.32 Å². The molecule has 0 saturated carbocycles. The average Bonchev–Trinajstić information content (AvgIpc) is 3.25. The molecule has 2 atom stereocenters. The van der Waals surface area contributed by atoms with E-state index in [0.717, 1.165) is 5.69 Å². The van der Waals surface area contributed by atoms with Crippen LogP contribution in [0, 0.1) is 22.6 Å². The minimum absolute atomic E-state index is 0.0933. The Hall–Kier alpha value is -3.24. The number of amides is 2. The fraction of sp³-hybridized carbons (Fsp3) is 0.375. The van der Waals surface area contributed by atoms with Crippen molar-refractivity contribution in [2.24, 2.45) is 5.41 Å². The molecule has 2 amide bonds. The number of rotatable bonds is 3. The number of halogens is 1. The number of benzene rings is 2. The maximum absolute atomic E-state index is 14.1. The molecule has 2 aliphatic heterocycles. The zero-order chi connectivity index (χ0) is 22.4. The monoisotopic (exact) mass is 420 g/mol. The SMILES string of the molecule is CC(C)(C)CN1C(=O)C2(CNC(C(=O)Nc3ccc(C#N)cc3)C2)c2cc(F)ccc21. The summed E-state index contributed by atoms with van der Waals surface area (Å²) < 4.78 is 14.1. The molecule has 0 bridgehead atoms. The zero-order valence-electron chi connectivity index (χ0n) is 17.8. The van der Waals surface area contributed by atoms with Gasteiger partial charge in [-0.2, -0.15) is 5.26 Å². The van der Waals surface area contributed by atoms with Crippen molar-refractivity contribution in [2.45, 2.75) is 38.6 Å². The molecule has 6 nitrogen and oxygen atoms in total. The maximum Gasteiger partial charge on any atom is 0.241 e. The van der Waals surface area contributed by atoms with E-state index in [4.69, 9.17) is 5.26 Å². The van der Waals surface area contributed by atoms with E-state index < -0.39 is 17.3 Å². The second-order valence-corrected chi connectivity index (χ2v) is 9.51. The smallest absolute Gasteiger partial charge is 0.241 e. The number of anilines is 2. The van der Waals surface area contributed by atoms with E-state index in [9.17, 15) is 14.0 Å². The second-order valence-electron chi connectivity index (χ2n) is 9.51. The van der Waals surface area contributed by atoms with Crippen molar-refractivity contribution in [2.75, 3.05) is 23.3 Å². The Kier molecular flexibility index (Phi) is 5.06. The molecular weight excluding hydrogens is 395 g/mol. The molecule has 4 rings (SSSR count). The molecule has 2 aliphatic rings. The van der Waals surface area contributed by atoms with Gasteiger partial charge in [-0.25, -0.2) is 4.39 Å². The Labute approximate surface area is 181 Å². The van der Waals surface area contributed by atoms with Gasteiger partial charge < -0.3 is 15.5 Å². The van der Waals surface area contributed by atoms with Crippen molar-refractivity contribution in [3.05, 3.63) is 59.4 Å². The minimum atomic E-state index is -0.963.